The minimum absolute atomic E-state index is 0.00830. The molecule has 1 heterocycles. The summed E-state index contributed by atoms with van der Waals surface area (Å²) in [5, 5.41) is 13.7. The Morgan fingerprint density at radius 2 is 2.20 bits per heavy atom. The number of aliphatic carboxylic acids is 1. The van der Waals surface area contributed by atoms with Crippen LogP contribution in [-0.2, 0) is 14.4 Å². The largest absolute Gasteiger partial charge is 0.481 e. The van der Waals surface area contributed by atoms with E-state index < -0.39 is 5.97 Å². The molecular formula is C9H14N2O4. The maximum atomic E-state index is 11.2. The van der Waals surface area contributed by atoms with E-state index in [1.165, 1.54) is 0 Å². The van der Waals surface area contributed by atoms with Gasteiger partial charge in [-0.3, -0.25) is 14.4 Å². The first-order chi connectivity index (χ1) is 7.08. The lowest BCUT2D eigenvalue weighted by Crippen LogP contribution is -2.47. The molecule has 0 aromatic heterocycles. The fourth-order valence-corrected chi connectivity index (χ4v) is 1.38. The number of rotatable bonds is 4. The third-order valence-corrected chi connectivity index (χ3v) is 2.20. The smallest absolute Gasteiger partial charge is 0.303 e. The Morgan fingerprint density at radius 3 is 2.73 bits per heavy atom. The summed E-state index contributed by atoms with van der Waals surface area (Å²) in [6.45, 7) is 0.428. The monoisotopic (exact) mass is 214 g/mol. The molecule has 0 bridgehead atoms. The summed E-state index contributed by atoms with van der Waals surface area (Å²) in [6.07, 6.45) is 0.846. The Kier molecular flexibility index (Phi) is 4.08. The van der Waals surface area contributed by atoms with Crippen LogP contribution in [0.4, 0.5) is 0 Å². The van der Waals surface area contributed by atoms with Gasteiger partial charge in [0.05, 0.1) is 6.42 Å². The highest BCUT2D eigenvalue weighted by atomic mass is 16.4. The number of carbonyl (C=O) groups is 3. The second kappa shape index (κ2) is 5.33. The van der Waals surface area contributed by atoms with E-state index >= 15 is 0 Å². The molecule has 6 heteroatoms. The van der Waals surface area contributed by atoms with Crippen molar-refractivity contribution in [2.24, 2.45) is 0 Å². The predicted molar refractivity (Wildman–Crippen MR) is 51.0 cm³/mol. The average Bonchev–Trinajstić information content (AvgIpc) is 2.19. The highest BCUT2D eigenvalue weighted by molar-refractivity contribution is 5.81. The number of hydrogen-bond donors (Lipinski definition) is 3. The molecule has 1 atom stereocenters. The molecule has 0 aliphatic carbocycles. The fourth-order valence-electron chi connectivity index (χ4n) is 1.38. The topological polar surface area (TPSA) is 95.5 Å². The van der Waals surface area contributed by atoms with E-state index in [4.69, 9.17) is 5.11 Å². The van der Waals surface area contributed by atoms with E-state index in [9.17, 15) is 14.4 Å². The fraction of sp³-hybridized carbons (Fsp3) is 0.667. The highest BCUT2D eigenvalue weighted by Gasteiger charge is 2.19. The van der Waals surface area contributed by atoms with Gasteiger partial charge in [-0.15, -0.1) is 0 Å². The lowest BCUT2D eigenvalue weighted by molar-refractivity contribution is -0.138. The van der Waals surface area contributed by atoms with E-state index in [1.54, 1.807) is 0 Å². The number of carbonyl (C=O) groups excluding carboxylic acids is 2. The summed E-state index contributed by atoms with van der Waals surface area (Å²) >= 11 is 0. The molecule has 1 aliphatic heterocycles. The van der Waals surface area contributed by atoms with Crippen molar-refractivity contribution in [2.45, 2.75) is 31.7 Å². The first-order valence-corrected chi connectivity index (χ1v) is 4.86. The third-order valence-electron chi connectivity index (χ3n) is 2.20. The molecule has 0 spiro atoms. The van der Waals surface area contributed by atoms with Crippen LogP contribution in [0.5, 0.6) is 0 Å². The maximum Gasteiger partial charge on any atom is 0.303 e. The number of amides is 2. The van der Waals surface area contributed by atoms with Gasteiger partial charge in [-0.25, -0.2) is 0 Å². The van der Waals surface area contributed by atoms with Gasteiger partial charge in [0.2, 0.25) is 11.8 Å². The van der Waals surface area contributed by atoms with Gasteiger partial charge < -0.3 is 15.7 Å². The van der Waals surface area contributed by atoms with Crippen LogP contribution in [0.1, 0.15) is 25.7 Å². The van der Waals surface area contributed by atoms with Gasteiger partial charge in [-0.2, -0.15) is 0 Å². The average molecular weight is 214 g/mol. The lowest BCUT2D eigenvalue weighted by atomic mass is 10.1. The van der Waals surface area contributed by atoms with Gasteiger partial charge in [-0.05, 0) is 6.42 Å². The molecule has 15 heavy (non-hydrogen) atoms. The molecule has 1 unspecified atom stereocenters. The Hall–Kier alpha value is -1.59. The quantitative estimate of drug-likeness (QED) is 0.573. The number of carboxylic acid groups (broad SMARTS) is 1. The van der Waals surface area contributed by atoms with Crippen LogP contribution < -0.4 is 10.6 Å². The maximum absolute atomic E-state index is 11.2. The van der Waals surface area contributed by atoms with Crippen molar-refractivity contribution in [2.75, 3.05) is 6.54 Å². The Bertz CT molecular complexity index is 267. The zero-order chi connectivity index (χ0) is 11.3. The summed E-state index contributed by atoms with van der Waals surface area (Å²) in [5.74, 6) is -1.27. The van der Waals surface area contributed by atoms with Crippen LogP contribution in [-0.4, -0.2) is 35.5 Å². The van der Waals surface area contributed by atoms with Gasteiger partial charge in [0.25, 0.3) is 0 Å². The van der Waals surface area contributed by atoms with Gasteiger partial charge >= 0.3 is 5.97 Å². The van der Waals surface area contributed by atoms with Crippen molar-refractivity contribution in [3.05, 3.63) is 0 Å². The van der Waals surface area contributed by atoms with Crippen molar-refractivity contribution in [3.8, 4) is 0 Å². The standard InChI is InChI=1S/C9H14N2O4/c12-7-2-1-6(5-10-7)11-8(13)3-4-9(14)15/h6H,1-5H2,(H,10,12)(H,11,13)(H,14,15). The molecule has 6 nitrogen and oxygen atoms in total. The van der Waals surface area contributed by atoms with E-state index in [-0.39, 0.29) is 30.7 Å². The zero-order valence-electron chi connectivity index (χ0n) is 8.28. The molecule has 84 valence electrons. The summed E-state index contributed by atoms with van der Waals surface area (Å²) in [4.78, 5) is 32.2. The van der Waals surface area contributed by atoms with Crippen LogP contribution in [0, 0.1) is 0 Å². The first-order valence-electron chi connectivity index (χ1n) is 4.86. The van der Waals surface area contributed by atoms with Crippen LogP contribution in [0.25, 0.3) is 0 Å². The van der Waals surface area contributed by atoms with Gasteiger partial charge in [0.15, 0.2) is 0 Å². The minimum Gasteiger partial charge on any atom is -0.481 e. The molecule has 1 aliphatic rings. The SMILES string of the molecule is O=C(O)CCC(=O)NC1CCC(=O)NC1. The van der Waals surface area contributed by atoms with Crippen molar-refractivity contribution in [1.29, 1.82) is 0 Å². The Balaban J connectivity index is 2.20. The van der Waals surface area contributed by atoms with Gasteiger partial charge in [0, 0.05) is 25.4 Å². The molecule has 0 aromatic carbocycles. The molecule has 0 radical (unpaired) electrons. The number of hydrogen-bond acceptors (Lipinski definition) is 3. The van der Waals surface area contributed by atoms with Crippen LogP contribution in [0.3, 0.4) is 0 Å². The normalized spacial score (nSPS) is 20.5. The molecule has 0 saturated carbocycles. The van der Waals surface area contributed by atoms with Crippen molar-refractivity contribution >= 4 is 17.8 Å². The first kappa shape index (κ1) is 11.5. The van der Waals surface area contributed by atoms with E-state index in [1.807, 2.05) is 0 Å². The number of piperidine rings is 1. The lowest BCUT2D eigenvalue weighted by Gasteiger charge is -2.23. The number of carboxylic acids is 1. The van der Waals surface area contributed by atoms with E-state index in [0.29, 0.717) is 19.4 Å². The highest BCUT2D eigenvalue weighted by Crippen LogP contribution is 2.03. The summed E-state index contributed by atoms with van der Waals surface area (Å²) in [7, 11) is 0. The van der Waals surface area contributed by atoms with Crippen molar-refractivity contribution < 1.29 is 19.5 Å². The molecule has 2 amide bonds. The molecule has 1 fully saturated rings. The molecule has 1 rings (SSSR count). The Labute approximate surface area is 87.0 Å². The predicted octanol–water partition coefficient (Wildman–Crippen LogP) is -0.754. The summed E-state index contributed by atoms with van der Waals surface area (Å²) < 4.78 is 0. The summed E-state index contributed by atoms with van der Waals surface area (Å²) in [5.41, 5.74) is 0. The zero-order valence-corrected chi connectivity index (χ0v) is 8.28. The second-order valence-electron chi connectivity index (χ2n) is 3.50. The van der Waals surface area contributed by atoms with Crippen LogP contribution in [0.15, 0.2) is 0 Å². The molecule has 1 saturated heterocycles. The Morgan fingerprint density at radius 1 is 1.47 bits per heavy atom. The van der Waals surface area contributed by atoms with Crippen molar-refractivity contribution in [3.63, 3.8) is 0 Å². The number of nitrogens with one attached hydrogen (secondary N) is 2. The van der Waals surface area contributed by atoms with Crippen LogP contribution in [0.2, 0.25) is 0 Å². The van der Waals surface area contributed by atoms with E-state index in [0.717, 1.165) is 0 Å². The van der Waals surface area contributed by atoms with Crippen molar-refractivity contribution in [1.82, 2.24) is 10.6 Å². The summed E-state index contributed by atoms with van der Waals surface area (Å²) in [6, 6.07) is -0.0657. The molecule has 0 aromatic rings. The van der Waals surface area contributed by atoms with E-state index in [2.05, 4.69) is 10.6 Å². The second-order valence-corrected chi connectivity index (χ2v) is 3.50. The van der Waals surface area contributed by atoms with Gasteiger partial charge in [-0.1, -0.05) is 0 Å². The molecular weight excluding hydrogens is 200 g/mol. The minimum atomic E-state index is -0.984. The van der Waals surface area contributed by atoms with Crippen LogP contribution >= 0.6 is 0 Å². The van der Waals surface area contributed by atoms with Gasteiger partial charge in [0.1, 0.15) is 0 Å². The molecule has 3 N–H and O–H groups in total. The third kappa shape index (κ3) is 4.44.